The van der Waals surface area contributed by atoms with Crippen molar-refractivity contribution in [1.82, 2.24) is 4.98 Å². The van der Waals surface area contributed by atoms with Crippen molar-refractivity contribution in [3.8, 4) is 0 Å². The molecule has 0 unspecified atom stereocenters. The molecule has 0 atom stereocenters. The quantitative estimate of drug-likeness (QED) is 0.727. The number of fused-ring (bicyclic) bond motifs is 1. The smallest absolute Gasteiger partial charge is 0.106 e. The molecule has 0 fully saturated rings. The monoisotopic (exact) mass is 265 g/mol. The maximum atomic E-state index is 9.01. The molecule has 2 aromatic rings. The summed E-state index contributed by atoms with van der Waals surface area (Å²) in [6, 6.07) is 4.02. The lowest BCUT2D eigenvalue weighted by Gasteiger charge is -2.25. The highest BCUT2D eigenvalue weighted by atomic mass is 32.1. The number of nitrogens with one attached hydrogen (secondary N) is 1. The molecule has 0 saturated heterocycles. The Labute approximate surface area is 111 Å². The fourth-order valence-corrected chi connectivity index (χ4v) is 2.52. The van der Waals surface area contributed by atoms with E-state index in [0.717, 1.165) is 28.9 Å². The Balaban J connectivity index is 2.14. The third-order valence-electron chi connectivity index (χ3n) is 3.09. The van der Waals surface area contributed by atoms with E-state index in [1.165, 1.54) is 0 Å². The topological polar surface area (TPSA) is 71.2 Å². The van der Waals surface area contributed by atoms with Crippen molar-refractivity contribution in [2.75, 3.05) is 24.2 Å². The van der Waals surface area contributed by atoms with Gasteiger partial charge in [0.2, 0.25) is 0 Å². The van der Waals surface area contributed by atoms with Crippen molar-refractivity contribution >= 4 is 32.9 Å². The Bertz CT molecular complexity index is 536. The first kappa shape index (κ1) is 13.1. The van der Waals surface area contributed by atoms with Crippen LogP contribution in [0.15, 0.2) is 17.6 Å². The number of benzene rings is 1. The molecule has 1 aromatic heterocycles. The molecule has 4 N–H and O–H groups in total. The van der Waals surface area contributed by atoms with Crippen molar-refractivity contribution < 1.29 is 5.11 Å². The molecule has 2 rings (SSSR count). The minimum Gasteiger partial charge on any atom is -0.396 e. The van der Waals surface area contributed by atoms with Crippen molar-refractivity contribution in [2.45, 2.75) is 20.3 Å². The molecule has 0 spiro atoms. The van der Waals surface area contributed by atoms with Gasteiger partial charge in [0.05, 0.1) is 21.6 Å². The van der Waals surface area contributed by atoms with Gasteiger partial charge in [-0.2, -0.15) is 0 Å². The predicted molar refractivity (Wildman–Crippen MR) is 78.0 cm³/mol. The standard InChI is InChI=1S/C13H19N3OS/c1-13(2,5-6-17)7-15-9-3-4-10-12(11(9)14)16-8-18-10/h3-4,8,15,17H,5-7,14H2,1-2H3. The van der Waals surface area contributed by atoms with E-state index < -0.39 is 0 Å². The van der Waals surface area contributed by atoms with Gasteiger partial charge in [-0.3, -0.25) is 0 Å². The molecule has 1 heterocycles. The van der Waals surface area contributed by atoms with Gasteiger partial charge in [0.1, 0.15) is 5.52 Å². The summed E-state index contributed by atoms with van der Waals surface area (Å²) < 4.78 is 1.10. The van der Waals surface area contributed by atoms with Crippen molar-refractivity contribution in [1.29, 1.82) is 0 Å². The Morgan fingerprint density at radius 1 is 1.44 bits per heavy atom. The number of nitrogen functional groups attached to an aromatic ring is 1. The van der Waals surface area contributed by atoms with Crippen LogP contribution in [0, 0.1) is 5.41 Å². The minimum absolute atomic E-state index is 0.0399. The molecule has 0 aliphatic heterocycles. The second-order valence-electron chi connectivity index (χ2n) is 5.22. The van der Waals surface area contributed by atoms with Crippen LogP contribution in [0.1, 0.15) is 20.3 Å². The fraction of sp³-hybridized carbons (Fsp3) is 0.462. The van der Waals surface area contributed by atoms with Gasteiger partial charge < -0.3 is 16.2 Å². The van der Waals surface area contributed by atoms with Crippen LogP contribution < -0.4 is 11.1 Å². The van der Waals surface area contributed by atoms with E-state index in [1.807, 2.05) is 12.1 Å². The molecule has 0 radical (unpaired) electrons. The van der Waals surface area contributed by atoms with Gasteiger partial charge >= 0.3 is 0 Å². The Morgan fingerprint density at radius 3 is 2.94 bits per heavy atom. The lowest BCUT2D eigenvalue weighted by Crippen LogP contribution is -2.24. The average molecular weight is 265 g/mol. The van der Waals surface area contributed by atoms with Gasteiger partial charge in [-0.1, -0.05) is 13.8 Å². The first-order valence-corrected chi connectivity index (χ1v) is 6.88. The lowest BCUT2D eigenvalue weighted by atomic mass is 9.89. The maximum Gasteiger partial charge on any atom is 0.106 e. The van der Waals surface area contributed by atoms with E-state index in [-0.39, 0.29) is 12.0 Å². The highest BCUT2D eigenvalue weighted by molar-refractivity contribution is 7.16. The third kappa shape index (κ3) is 2.73. The van der Waals surface area contributed by atoms with Gasteiger partial charge in [0.15, 0.2) is 0 Å². The number of aliphatic hydroxyl groups excluding tert-OH is 1. The number of nitrogens with zero attached hydrogens (tertiary/aromatic N) is 1. The SMILES string of the molecule is CC(C)(CCO)CNc1ccc2scnc2c1N. The third-order valence-corrected chi connectivity index (χ3v) is 3.88. The van der Waals surface area contributed by atoms with Crippen LogP contribution in [0.3, 0.4) is 0 Å². The maximum absolute atomic E-state index is 9.01. The van der Waals surface area contributed by atoms with Crippen LogP contribution in [0.25, 0.3) is 10.2 Å². The van der Waals surface area contributed by atoms with Crippen molar-refractivity contribution in [3.63, 3.8) is 0 Å². The Morgan fingerprint density at radius 2 is 2.22 bits per heavy atom. The summed E-state index contributed by atoms with van der Waals surface area (Å²) in [5, 5.41) is 12.4. The summed E-state index contributed by atoms with van der Waals surface area (Å²) >= 11 is 1.59. The number of hydrogen-bond acceptors (Lipinski definition) is 5. The number of aromatic nitrogens is 1. The van der Waals surface area contributed by atoms with Crippen LogP contribution in [-0.4, -0.2) is 23.2 Å². The van der Waals surface area contributed by atoms with Gasteiger partial charge in [-0.15, -0.1) is 11.3 Å². The van der Waals surface area contributed by atoms with Gasteiger partial charge in [-0.25, -0.2) is 4.98 Å². The van der Waals surface area contributed by atoms with Gasteiger partial charge in [0, 0.05) is 13.2 Å². The summed E-state index contributed by atoms with van der Waals surface area (Å²) in [6.45, 7) is 5.21. The zero-order chi connectivity index (χ0) is 13.2. The summed E-state index contributed by atoms with van der Waals surface area (Å²) in [5.74, 6) is 0. The zero-order valence-electron chi connectivity index (χ0n) is 10.7. The van der Waals surface area contributed by atoms with Gasteiger partial charge in [0.25, 0.3) is 0 Å². The minimum atomic E-state index is 0.0399. The largest absolute Gasteiger partial charge is 0.396 e. The number of aliphatic hydroxyl groups is 1. The summed E-state index contributed by atoms with van der Waals surface area (Å²) in [5.41, 5.74) is 10.4. The second-order valence-corrected chi connectivity index (χ2v) is 6.10. The molecule has 1 aromatic carbocycles. The van der Waals surface area contributed by atoms with Crippen molar-refractivity contribution in [2.24, 2.45) is 5.41 Å². The molecule has 5 heteroatoms. The molecule has 0 amide bonds. The summed E-state index contributed by atoms with van der Waals surface area (Å²) in [7, 11) is 0. The fourth-order valence-electron chi connectivity index (χ4n) is 1.83. The van der Waals surface area contributed by atoms with Crippen LogP contribution in [-0.2, 0) is 0 Å². The van der Waals surface area contributed by atoms with Crippen LogP contribution in [0.2, 0.25) is 0 Å². The molecule has 0 aliphatic rings. The zero-order valence-corrected chi connectivity index (χ0v) is 11.5. The van der Waals surface area contributed by atoms with E-state index in [9.17, 15) is 0 Å². The summed E-state index contributed by atoms with van der Waals surface area (Å²) in [4.78, 5) is 4.27. The molecule has 18 heavy (non-hydrogen) atoms. The molecule has 0 saturated carbocycles. The number of nitrogens with two attached hydrogens (primary N) is 1. The normalized spacial score (nSPS) is 11.9. The molecule has 0 bridgehead atoms. The number of thiazole rings is 1. The van der Waals surface area contributed by atoms with Crippen LogP contribution >= 0.6 is 11.3 Å². The molecule has 0 aliphatic carbocycles. The Hall–Kier alpha value is -1.33. The average Bonchev–Trinajstić information content (AvgIpc) is 2.77. The molecule has 4 nitrogen and oxygen atoms in total. The molecular formula is C13H19N3OS. The van der Waals surface area contributed by atoms with E-state index >= 15 is 0 Å². The predicted octanol–water partition coefficient (Wildman–Crippen LogP) is 2.70. The highest BCUT2D eigenvalue weighted by Crippen LogP contribution is 2.31. The first-order valence-electron chi connectivity index (χ1n) is 6.00. The Kier molecular flexibility index (Phi) is 3.73. The first-order chi connectivity index (χ1) is 8.53. The van der Waals surface area contributed by atoms with E-state index in [2.05, 4.69) is 24.1 Å². The van der Waals surface area contributed by atoms with Crippen LogP contribution in [0.5, 0.6) is 0 Å². The van der Waals surface area contributed by atoms with E-state index in [1.54, 1.807) is 16.8 Å². The molecule has 98 valence electrons. The lowest BCUT2D eigenvalue weighted by molar-refractivity contribution is 0.220. The van der Waals surface area contributed by atoms with Crippen molar-refractivity contribution in [3.05, 3.63) is 17.6 Å². The second kappa shape index (κ2) is 5.12. The highest BCUT2D eigenvalue weighted by Gasteiger charge is 2.17. The van der Waals surface area contributed by atoms with Gasteiger partial charge in [-0.05, 0) is 24.0 Å². The molecular weight excluding hydrogens is 246 g/mol. The number of anilines is 2. The van der Waals surface area contributed by atoms with Crippen LogP contribution in [0.4, 0.5) is 11.4 Å². The number of rotatable bonds is 5. The number of hydrogen-bond donors (Lipinski definition) is 3. The van der Waals surface area contributed by atoms with E-state index in [4.69, 9.17) is 10.8 Å². The summed E-state index contributed by atoms with van der Waals surface area (Å²) in [6.07, 6.45) is 0.763. The van der Waals surface area contributed by atoms with E-state index in [0.29, 0.717) is 5.69 Å².